The number of likely N-dealkylation sites (N-methyl/N-ethyl adjacent to an activating group) is 1. The lowest BCUT2D eigenvalue weighted by molar-refractivity contribution is 0.263. The van der Waals surface area contributed by atoms with Crippen molar-refractivity contribution in [2.24, 2.45) is 0 Å². The minimum Gasteiger partial charge on any atom is -0.338 e. The Bertz CT molecular complexity index is 848. The second-order valence-electron chi connectivity index (χ2n) is 7.21. The first-order chi connectivity index (χ1) is 13.2. The first kappa shape index (κ1) is 18.1. The fourth-order valence-corrected chi connectivity index (χ4v) is 4.71. The first-order valence-electron chi connectivity index (χ1n) is 9.60. The van der Waals surface area contributed by atoms with Crippen molar-refractivity contribution in [3.05, 3.63) is 84.4 Å². The molecule has 1 heterocycles. The van der Waals surface area contributed by atoms with Crippen molar-refractivity contribution in [3.63, 3.8) is 0 Å². The van der Waals surface area contributed by atoms with Crippen molar-refractivity contribution in [3.8, 4) is 0 Å². The molecule has 3 aromatic rings. The Balaban J connectivity index is 1.48. The van der Waals surface area contributed by atoms with E-state index in [1.165, 1.54) is 26.7 Å². The summed E-state index contributed by atoms with van der Waals surface area (Å²) in [5.41, 5.74) is 4.05. The predicted molar refractivity (Wildman–Crippen MR) is 116 cm³/mol. The number of hydrogen-bond acceptors (Lipinski definition) is 3. The predicted octanol–water partition coefficient (Wildman–Crippen LogP) is 5.85. The van der Waals surface area contributed by atoms with Crippen molar-refractivity contribution in [2.75, 3.05) is 25.0 Å². The average molecular weight is 375 g/mol. The molecular weight excluding hydrogens is 348 g/mol. The smallest absolute Gasteiger partial charge is 0.0553 e. The monoisotopic (exact) mass is 374 g/mol. The van der Waals surface area contributed by atoms with E-state index < -0.39 is 0 Å². The molecule has 0 spiro atoms. The quantitative estimate of drug-likeness (QED) is 0.534. The van der Waals surface area contributed by atoms with Gasteiger partial charge in [-0.05, 0) is 50.2 Å². The van der Waals surface area contributed by atoms with Crippen LogP contribution in [0, 0.1) is 0 Å². The number of fused-ring (bicyclic) bond motifs is 2. The van der Waals surface area contributed by atoms with Crippen LogP contribution in [0.25, 0.3) is 0 Å². The molecule has 0 saturated heterocycles. The first-order valence-corrected chi connectivity index (χ1v) is 10.4. The molecule has 0 fully saturated rings. The molecule has 0 amide bonds. The van der Waals surface area contributed by atoms with Crippen molar-refractivity contribution in [1.82, 2.24) is 4.90 Å². The molecule has 4 rings (SSSR count). The van der Waals surface area contributed by atoms with Gasteiger partial charge in [-0.1, -0.05) is 66.4 Å². The van der Waals surface area contributed by atoms with Gasteiger partial charge in [0.15, 0.2) is 0 Å². The zero-order valence-corrected chi connectivity index (χ0v) is 16.8. The van der Waals surface area contributed by atoms with Crippen LogP contribution in [0.15, 0.2) is 88.7 Å². The molecule has 0 saturated carbocycles. The largest absolute Gasteiger partial charge is 0.338 e. The molecule has 3 aromatic carbocycles. The number of anilines is 2. The summed E-state index contributed by atoms with van der Waals surface area (Å²) in [5.74, 6) is 0. The molecule has 0 aliphatic carbocycles. The van der Waals surface area contributed by atoms with Crippen LogP contribution in [0.1, 0.15) is 12.5 Å². The van der Waals surface area contributed by atoms with Crippen LogP contribution in [-0.2, 0) is 6.42 Å². The Hall–Kier alpha value is -2.23. The van der Waals surface area contributed by atoms with E-state index in [4.69, 9.17) is 0 Å². The van der Waals surface area contributed by atoms with Crippen LogP contribution in [-0.4, -0.2) is 31.1 Å². The van der Waals surface area contributed by atoms with E-state index in [1.54, 1.807) is 0 Å². The van der Waals surface area contributed by atoms with E-state index >= 15 is 0 Å². The molecule has 0 radical (unpaired) electrons. The topological polar surface area (TPSA) is 6.48 Å². The van der Waals surface area contributed by atoms with Gasteiger partial charge in [-0.15, -0.1) is 0 Å². The molecule has 0 aromatic heterocycles. The van der Waals surface area contributed by atoms with Gasteiger partial charge in [0.05, 0.1) is 11.4 Å². The molecule has 1 aliphatic heterocycles. The molecule has 1 unspecified atom stereocenters. The lowest BCUT2D eigenvalue weighted by atomic mass is 10.1. The average Bonchev–Trinajstić information content (AvgIpc) is 2.71. The summed E-state index contributed by atoms with van der Waals surface area (Å²) in [6.07, 6.45) is 1.08. The van der Waals surface area contributed by atoms with Crippen LogP contribution >= 0.6 is 11.8 Å². The van der Waals surface area contributed by atoms with Crippen LogP contribution in [0.4, 0.5) is 11.4 Å². The molecule has 3 heteroatoms. The van der Waals surface area contributed by atoms with Gasteiger partial charge < -0.3 is 9.80 Å². The van der Waals surface area contributed by atoms with Crippen LogP contribution in [0.3, 0.4) is 0 Å². The van der Waals surface area contributed by atoms with E-state index in [2.05, 4.69) is 103 Å². The number of rotatable bonds is 6. The Morgan fingerprint density at radius 3 is 2.00 bits per heavy atom. The maximum atomic E-state index is 2.48. The van der Waals surface area contributed by atoms with Crippen molar-refractivity contribution in [1.29, 1.82) is 0 Å². The number of para-hydroxylation sites is 2. The Morgan fingerprint density at radius 2 is 1.37 bits per heavy atom. The summed E-state index contributed by atoms with van der Waals surface area (Å²) < 4.78 is 0. The highest BCUT2D eigenvalue weighted by molar-refractivity contribution is 7.99. The Morgan fingerprint density at radius 1 is 0.815 bits per heavy atom. The van der Waals surface area contributed by atoms with E-state index in [1.807, 2.05) is 11.8 Å². The zero-order valence-electron chi connectivity index (χ0n) is 16.0. The summed E-state index contributed by atoms with van der Waals surface area (Å²) in [5, 5.41) is 0. The van der Waals surface area contributed by atoms with Gasteiger partial charge in [0.1, 0.15) is 0 Å². The summed E-state index contributed by atoms with van der Waals surface area (Å²) in [7, 11) is 2.24. The van der Waals surface area contributed by atoms with Gasteiger partial charge in [-0.2, -0.15) is 0 Å². The molecule has 1 atom stereocenters. The zero-order chi connectivity index (χ0) is 18.6. The molecule has 0 N–H and O–H groups in total. The normalized spacial score (nSPS) is 14.0. The standard InChI is InChI=1S/C24H26N2S/c1-19(18-20-10-4-3-5-11-20)25(2)16-17-26-21-12-6-8-14-23(21)27-24-15-9-7-13-22(24)26/h3-15,19H,16-18H2,1-2H3. The third kappa shape index (κ3) is 4.05. The number of benzene rings is 3. The number of nitrogens with zero attached hydrogens (tertiary/aromatic N) is 2. The lowest BCUT2D eigenvalue weighted by Crippen LogP contribution is -2.37. The van der Waals surface area contributed by atoms with Gasteiger partial charge in [-0.25, -0.2) is 0 Å². The third-order valence-electron chi connectivity index (χ3n) is 5.33. The second-order valence-corrected chi connectivity index (χ2v) is 8.29. The van der Waals surface area contributed by atoms with Gasteiger partial charge in [-0.3, -0.25) is 0 Å². The summed E-state index contributed by atoms with van der Waals surface area (Å²) in [6, 6.07) is 28.8. The third-order valence-corrected chi connectivity index (χ3v) is 6.46. The molecule has 138 valence electrons. The fraction of sp³-hybridized carbons (Fsp3) is 0.250. The van der Waals surface area contributed by atoms with E-state index in [0.717, 1.165) is 19.5 Å². The summed E-state index contributed by atoms with van der Waals surface area (Å²) >= 11 is 1.87. The molecular formula is C24H26N2S. The molecule has 0 bridgehead atoms. The Kier molecular flexibility index (Phi) is 5.51. The van der Waals surface area contributed by atoms with E-state index in [9.17, 15) is 0 Å². The van der Waals surface area contributed by atoms with E-state index in [-0.39, 0.29) is 0 Å². The SMILES string of the molecule is CC(Cc1ccccc1)N(C)CCN1c2ccccc2Sc2ccccc21. The summed E-state index contributed by atoms with van der Waals surface area (Å²) in [4.78, 5) is 7.64. The van der Waals surface area contributed by atoms with Crippen molar-refractivity contribution >= 4 is 23.1 Å². The van der Waals surface area contributed by atoms with Crippen molar-refractivity contribution < 1.29 is 0 Å². The minimum absolute atomic E-state index is 0.511. The van der Waals surface area contributed by atoms with E-state index in [0.29, 0.717) is 6.04 Å². The molecule has 27 heavy (non-hydrogen) atoms. The highest BCUT2D eigenvalue weighted by Gasteiger charge is 2.23. The van der Waals surface area contributed by atoms with Gasteiger partial charge in [0.2, 0.25) is 0 Å². The van der Waals surface area contributed by atoms with Crippen LogP contribution in [0.5, 0.6) is 0 Å². The highest BCUT2D eigenvalue weighted by Crippen LogP contribution is 2.47. The van der Waals surface area contributed by atoms with Gasteiger partial charge in [0.25, 0.3) is 0 Å². The highest BCUT2D eigenvalue weighted by atomic mass is 32.2. The van der Waals surface area contributed by atoms with Crippen LogP contribution < -0.4 is 4.90 Å². The van der Waals surface area contributed by atoms with Gasteiger partial charge >= 0.3 is 0 Å². The Labute approximate surface area is 166 Å². The number of hydrogen-bond donors (Lipinski definition) is 0. The van der Waals surface area contributed by atoms with Crippen molar-refractivity contribution in [2.45, 2.75) is 29.2 Å². The van der Waals surface area contributed by atoms with Crippen LogP contribution in [0.2, 0.25) is 0 Å². The maximum Gasteiger partial charge on any atom is 0.0553 e. The second kappa shape index (κ2) is 8.20. The molecule has 2 nitrogen and oxygen atoms in total. The van der Waals surface area contributed by atoms with Gasteiger partial charge in [0, 0.05) is 28.9 Å². The molecule has 1 aliphatic rings. The maximum absolute atomic E-state index is 2.48. The summed E-state index contributed by atoms with van der Waals surface area (Å²) in [6.45, 7) is 4.34. The fourth-order valence-electron chi connectivity index (χ4n) is 3.61. The minimum atomic E-state index is 0.511. The lowest BCUT2D eigenvalue weighted by Gasteiger charge is -2.35.